The number of carbonyl (C=O) groups is 5. The number of hydrogen-bond donors (Lipinski definition) is 5. The van der Waals surface area contributed by atoms with Gasteiger partial charge in [-0.15, -0.1) is 0 Å². The van der Waals surface area contributed by atoms with Gasteiger partial charge in [0.1, 0.15) is 18.1 Å². The van der Waals surface area contributed by atoms with E-state index in [-0.39, 0.29) is 6.54 Å². The van der Waals surface area contributed by atoms with E-state index in [0.717, 1.165) is 0 Å². The first-order valence-corrected chi connectivity index (χ1v) is 8.27. The molecule has 0 aromatic carbocycles. The summed E-state index contributed by atoms with van der Waals surface area (Å²) in [6, 6.07) is -2.64. The van der Waals surface area contributed by atoms with Crippen LogP contribution in [0.5, 0.6) is 0 Å². The molecule has 4 amide bonds. The van der Waals surface area contributed by atoms with Gasteiger partial charge in [-0.1, -0.05) is 0 Å². The Kier molecular flexibility index (Phi) is 7.97. The largest absolute Gasteiger partial charge is 0.480 e. The number of likely N-dealkylation sites (tertiary alicyclic amines) is 1. The van der Waals surface area contributed by atoms with E-state index in [1.54, 1.807) is 0 Å². The van der Waals surface area contributed by atoms with Gasteiger partial charge in [0.25, 0.3) is 0 Å². The first-order valence-electron chi connectivity index (χ1n) is 8.27. The molecule has 0 saturated carbocycles. The Morgan fingerprint density at radius 3 is 2.31 bits per heavy atom. The van der Waals surface area contributed by atoms with Crippen molar-refractivity contribution < 1.29 is 29.1 Å². The van der Waals surface area contributed by atoms with Crippen LogP contribution in [0, 0.1) is 0 Å². The zero-order valence-electron chi connectivity index (χ0n) is 14.8. The molecule has 1 saturated heterocycles. The topological polar surface area (TPSA) is 171 Å². The molecular weight excluding hydrogens is 346 g/mol. The number of nitrogens with one attached hydrogen (secondary N) is 3. The van der Waals surface area contributed by atoms with E-state index < -0.39 is 54.3 Å². The number of carboxylic acids is 1. The van der Waals surface area contributed by atoms with Crippen LogP contribution in [-0.4, -0.2) is 77.4 Å². The van der Waals surface area contributed by atoms with E-state index in [1.807, 2.05) is 0 Å². The number of nitrogens with two attached hydrogens (primary N) is 1. The molecule has 0 spiro atoms. The van der Waals surface area contributed by atoms with Crippen molar-refractivity contribution in [2.75, 3.05) is 19.6 Å². The molecule has 3 unspecified atom stereocenters. The highest BCUT2D eigenvalue weighted by atomic mass is 16.4. The highest BCUT2D eigenvalue weighted by Crippen LogP contribution is 2.18. The number of aliphatic carboxylic acids is 1. The maximum Gasteiger partial charge on any atom is 0.325 e. The zero-order chi connectivity index (χ0) is 19.9. The van der Waals surface area contributed by atoms with Gasteiger partial charge in [-0.25, -0.2) is 0 Å². The maximum absolute atomic E-state index is 12.4. The fraction of sp³-hybridized carbons (Fsp3) is 0.667. The molecule has 1 aliphatic rings. The van der Waals surface area contributed by atoms with E-state index in [2.05, 4.69) is 16.0 Å². The van der Waals surface area contributed by atoms with Crippen molar-refractivity contribution in [3.63, 3.8) is 0 Å². The summed E-state index contributed by atoms with van der Waals surface area (Å²) in [5, 5.41) is 15.8. The monoisotopic (exact) mass is 371 g/mol. The van der Waals surface area contributed by atoms with Crippen LogP contribution >= 0.6 is 0 Å². The first kappa shape index (κ1) is 21.4. The minimum atomic E-state index is -1.19. The van der Waals surface area contributed by atoms with Crippen molar-refractivity contribution in [1.82, 2.24) is 20.9 Å². The van der Waals surface area contributed by atoms with Gasteiger partial charge in [0.15, 0.2) is 0 Å². The van der Waals surface area contributed by atoms with E-state index in [4.69, 9.17) is 10.8 Å². The number of hydrogen-bond acceptors (Lipinski definition) is 6. The molecule has 1 heterocycles. The number of amides is 4. The summed E-state index contributed by atoms with van der Waals surface area (Å²) in [5.74, 6) is -3.23. The number of carbonyl (C=O) groups excluding carboxylic acids is 4. The quantitative estimate of drug-likeness (QED) is 0.305. The third-order valence-electron chi connectivity index (χ3n) is 3.94. The van der Waals surface area contributed by atoms with Gasteiger partial charge in [-0.05, 0) is 26.7 Å². The number of nitrogens with zero attached hydrogens (tertiary/aromatic N) is 1. The van der Waals surface area contributed by atoms with Gasteiger partial charge in [-0.3, -0.25) is 24.0 Å². The maximum atomic E-state index is 12.4. The predicted octanol–water partition coefficient (Wildman–Crippen LogP) is -2.85. The van der Waals surface area contributed by atoms with Crippen LogP contribution in [0.25, 0.3) is 0 Å². The molecule has 3 atom stereocenters. The molecule has 146 valence electrons. The lowest BCUT2D eigenvalue weighted by molar-refractivity contribution is -0.142. The van der Waals surface area contributed by atoms with Crippen LogP contribution in [0.4, 0.5) is 0 Å². The highest BCUT2D eigenvalue weighted by molar-refractivity contribution is 5.94. The van der Waals surface area contributed by atoms with Crippen molar-refractivity contribution in [3.05, 3.63) is 0 Å². The van der Waals surface area contributed by atoms with Gasteiger partial charge in [-0.2, -0.15) is 0 Å². The Morgan fingerprint density at radius 1 is 1.12 bits per heavy atom. The molecule has 0 bridgehead atoms. The number of rotatable bonds is 8. The summed E-state index contributed by atoms with van der Waals surface area (Å²) in [5.41, 5.74) is 5.19. The second-order valence-corrected chi connectivity index (χ2v) is 6.03. The van der Waals surface area contributed by atoms with Crippen LogP contribution in [0.15, 0.2) is 0 Å². The predicted molar refractivity (Wildman–Crippen MR) is 89.6 cm³/mol. The Labute approximate surface area is 150 Å². The van der Waals surface area contributed by atoms with Crippen molar-refractivity contribution in [2.45, 2.75) is 44.8 Å². The summed E-state index contributed by atoms with van der Waals surface area (Å²) in [4.78, 5) is 59.7. The minimum absolute atomic E-state index is 0.245. The van der Waals surface area contributed by atoms with Crippen LogP contribution in [0.3, 0.4) is 0 Å². The van der Waals surface area contributed by atoms with E-state index in [9.17, 15) is 24.0 Å². The van der Waals surface area contributed by atoms with Crippen LogP contribution in [0.2, 0.25) is 0 Å². The van der Waals surface area contributed by atoms with Crippen molar-refractivity contribution >= 4 is 29.6 Å². The van der Waals surface area contributed by atoms with Gasteiger partial charge in [0.2, 0.25) is 23.6 Å². The van der Waals surface area contributed by atoms with E-state index >= 15 is 0 Å². The normalized spacial score (nSPS) is 18.6. The third kappa shape index (κ3) is 5.99. The summed E-state index contributed by atoms with van der Waals surface area (Å²) < 4.78 is 0. The minimum Gasteiger partial charge on any atom is -0.480 e. The smallest absolute Gasteiger partial charge is 0.325 e. The lowest BCUT2D eigenvalue weighted by Gasteiger charge is -2.27. The molecule has 1 aliphatic heterocycles. The summed E-state index contributed by atoms with van der Waals surface area (Å²) >= 11 is 0. The first-order chi connectivity index (χ1) is 12.2. The fourth-order valence-electron chi connectivity index (χ4n) is 2.55. The van der Waals surface area contributed by atoms with Crippen LogP contribution in [-0.2, 0) is 24.0 Å². The molecule has 6 N–H and O–H groups in total. The Hall–Kier alpha value is -2.69. The second-order valence-electron chi connectivity index (χ2n) is 6.03. The molecule has 11 heteroatoms. The summed E-state index contributed by atoms with van der Waals surface area (Å²) in [7, 11) is 0. The summed E-state index contributed by atoms with van der Waals surface area (Å²) in [6.45, 7) is 2.53. The van der Waals surface area contributed by atoms with Gasteiger partial charge in [0, 0.05) is 6.54 Å². The second kappa shape index (κ2) is 9.70. The number of carboxylic acid groups (broad SMARTS) is 1. The Balaban J connectivity index is 2.57. The van der Waals surface area contributed by atoms with Crippen molar-refractivity contribution in [2.24, 2.45) is 5.73 Å². The third-order valence-corrected chi connectivity index (χ3v) is 3.94. The lowest BCUT2D eigenvalue weighted by atomic mass is 10.2. The van der Waals surface area contributed by atoms with Crippen molar-refractivity contribution in [1.29, 1.82) is 0 Å². The standard InChI is InChI=1S/C15H25N5O6/c1-8(18-11(21)6-16)14(24)20-5-3-4-10(20)13(23)17-7-12(22)19-9(2)15(25)26/h8-10H,3-7,16H2,1-2H3,(H,17,23)(H,18,21)(H,19,22)(H,25,26). The average Bonchev–Trinajstić information content (AvgIpc) is 3.08. The molecule has 0 aliphatic carbocycles. The Bertz CT molecular complexity index is 581. The molecule has 1 fully saturated rings. The van der Waals surface area contributed by atoms with Crippen LogP contribution in [0.1, 0.15) is 26.7 Å². The zero-order valence-corrected chi connectivity index (χ0v) is 14.8. The molecule has 11 nitrogen and oxygen atoms in total. The lowest BCUT2D eigenvalue weighted by Crippen LogP contribution is -2.54. The van der Waals surface area contributed by atoms with E-state index in [1.165, 1.54) is 18.7 Å². The molecule has 26 heavy (non-hydrogen) atoms. The summed E-state index contributed by atoms with van der Waals surface area (Å²) in [6.07, 6.45) is 1.05. The van der Waals surface area contributed by atoms with E-state index in [0.29, 0.717) is 19.4 Å². The molecule has 0 aromatic heterocycles. The van der Waals surface area contributed by atoms with Crippen LogP contribution < -0.4 is 21.7 Å². The van der Waals surface area contributed by atoms with Crippen molar-refractivity contribution in [3.8, 4) is 0 Å². The molecule has 0 radical (unpaired) electrons. The molecular formula is C15H25N5O6. The van der Waals surface area contributed by atoms with Gasteiger partial charge in [0.05, 0.1) is 13.1 Å². The highest BCUT2D eigenvalue weighted by Gasteiger charge is 2.36. The van der Waals surface area contributed by atoms with Gasteiger partial charge >= 0.3 is 5.97 Å². The molecule has 1 rings (SSSR count). The SMILES string of the molecule is CC(NC(=O)CNC(=O)C1CCCN1C(=O)C(C)NC(=O)CN)C(=O)O. The van der Waals surface area contributed by atoms with Gasteiger partial charge < -0.3 is 31.7 Å². The average molecular weight is 371 g/mol. The Morgan fingerprint density at radius 2 is 1.73 bits per heavy atom. The molecule has 0 aromatic rings. The fourth-order valence-corrected chi connectivity index (χ4v) is 2.55.